The van der Waals surface area contributed by atoms with E-state index in [2.05, 4.69) is 0 Å². The molecule has 1 atom stereocenters. The van der Waals surface area contributed by atoms with Crippen LogP contribution in [0.2, 0.25) is 0 Å². The van der Waals surface area contributed by atoms with Gasteiger partial charge in [0.05, 0.1) is 5.92 Å². The highest BCUT2D eigenvalue weighted by Gasteiger charge is 2.42. The average molecular weight is 328 g/mol. The van der Waals surface area contributed by atoms with E-state index < -0.39 is 24.5 Å². The van der Waals surface area contributed by atoms with Crippen molar-refractivity contribution in [2.45, 2.75) is 32.5 Å². The summed E-state index contributed by atoms with van der Waals surface area (Å²) in [6.07, 6.45) is -4.63. The number of amides is 2. The van der Waals surface area contributed by atoms with Gasteiger partial charge in [-0.25, -0.2) is 0 Å². The SMILES string of the molecule is CC(C)N(C(=O)[C@@H]1CC(=O)N(CC(F)(F)F)C1)c1ccccc1. The second-order valence-electron chi connectivity index (χ2n) is 5.93. The number of anilines is 1. The lowest BCUT2D eigenvalue weighted by Crippen LogP contribution is -2.42. The Labute approximate surface area is 132 Å². The van der Waals surface area contributed by atoms with E-state index in [1.165, 1.54) is 4.90 Å². The molecule has 0 aliphatic carbocycles. The third-order valence-corrected chi connectivity index (χ3v) is 3.72. The highest BCUT2D eigenvalue weighted by Crippen LogP contribution is 2.27. The van der Waals surface area contributed by atoms with E-state index in [4.69, 9.17) is 0 Å². The van der Waals surface area contributed by atoms with Gasteiger partial charge in [-0.15, -0.1) is 0 Å². The molecule has 7 heteroatoms. The fraction of sp³-hybridized carbons (Fsp3) is 0.500. The monoisotopic (exact) mass is 328 g/mol. The van der Waals surface area contributed by atoms with E-state index in [1.807, 2.05) is 19.9 Å². The number of hydrogen-bond donors (Lipinski definition) is 0. The number of carbonyl (C=O) groups excluding carboxylic acids is 2. The van der Waals surface area contributed by atoms with Crippen LogP contribution in [0.4, 0.5) is 18.9 Å². The Morgan fingerprint density at radius 2 is 1.91 bits per heavy atom. The maximum Gasteiger partial charge on any atom is 0.406 e. The number of halogens is 3. The number of rotatable bonds is 4. The molecule has 4 nitrogen and oxygen atoms in total. The van der Waals surface area contributed by atoms with Gasteiger partial charge in [0.1, 0.15) is 6.54 Å². The van der Waals surface area contributed by atoms with Gasteiger partial charge in [-0.3, -0.25) is 9.59 Å². The van der Waals surface area contributed by atoms with Crippen molar-refractivity contribution in [2.24, 2.45) is 5.92 Å². The van der Waals surface area contributed by atoms with Crippen LogP contribution in [0.5, 0.6) is 0 Å². The molecular weight excluding hydrogens is 309 g/mol. The number of nitrogens with zero attached hydrogens (tertiary/aromatic N) is 2. The minimum absolute atomic E-state index is 0.156. The zero-order valence-corrected chi connectivity index (χ0v) is 13.0. The van der Waals surface area contributed by atoms with Crippen molar-refractivity contribution in [3.05, 3.63) is 30.3 Å². The Balaban J connectivity index is 2.14. The maximum atomic E-state index is 12.7. The number of carbonyl (C=O) groups is 2. The molecule has 1 aliphatic rings. The molecular formula is C16H19F3N2O2. The molecule has 0 radical (unpaired) electrons. The summed E-state index contributed by atoms with van der Waals surface area (Å²) in [5, 5.41) is 0. The van der Waals surface area contributed by atoms with Crippen molar-refractivity contribution >= 4 is 17.5 Å². The van der Waals surface area contributed by atoms with Crippen LogP contribution < -0.4 is 4.90 Å². The van der Waals surface area contributed by atoms with Gasteiger partial charge >= 0.3 is 6.18 Å². The van der Waals surface area contributed by atoms with Crippen molar-refractivity contribution in [2.75, 3.05) is 18.0 Å². The lowest BCUT2D eigenvalue weighted by atomic mass is 10.1. The molecule has 1 aromatic carbocycles. The number of para-hydroxylation sites is 1. The summed E-state index contributed by atoms with van der Waals surface area (Å²) in [4.78, 5) is 26.7. The molecule has 0 bridgehead atoms. The standard InChI is InChI=1S/C16H19F3N2O2/c1-11(2)21(13-6-4-3-5-7-13)15(23)12-8-14(22)20(9-12)10-16(17,18)19/h3-7,11-12H,8-10H2,1-2H3/t12-/m1/s1. The van der Waals surface area contributed by atoms with Crippen LogP contribution in [-0.2, 0) is 9.59 Å². The highest BCUT2D eigenvalue weighted by molar-refractivity contribution is 5.99. The van der Waals surface area contributed by atoms with Crippen LogP contribution in [0.3, 0.4) is 0 Å². The van der Waals surface area contributed by atoms with Gasteiger partial charge in [-0.05, 0) is 26.0 Å². The largest absolute Gasteiger partial charge is 0.406 e. The summed E-state index contributed by atoms with van der Waals surface area (Å²) in [5.74, 6) is -1.69. The van der Waals surface area contributed by atoms with E-state index in [0.717, 1.165) is 0 Å². The minimum atomic E-state index is -4.45. The molecule has 0 saturated carbocycles. The molecule has 1 saturated heterocycles. The first kappa shape index (κ1) is 17.3. The van der Waals surface area contributed by atoms with E-state index in [1.54, 1.807) is 24.3 Å². The predicted molar refractivity (Wildman–Crippen MR) is 79.8 cm³/mol. The van der Waals surface area contributed by atoms with Crippen LogP contribution >= 0.6 is 0 Å². The smallest absolute Gasteiger partial charge is 0.333 e. The van der Waals surface area contributed by atoms with E-state index in [-0.39, 0.29) is 24.9 Å². The van der Waals surface area contributed by atoms with Crippen molar-refractivity contribution in [1.29, 1.82) is 0 Å². The van der Waals surface area contributed by atoms with Crippen molar-refractivity contribution in [3.8, 4) is 0 Å². The first-order valence-corrected chi connectivity index (χ1v) is 7.41. The van der Waals surface area contributed by atoms with Gasteiger partial charge in [-0.2, -0.15) is 13.2 Å². The molecule has 126 valence electrons. The Morgan fingerprint density at radius 1 is 1.30 bits per heavy atom. The number of likely N-dealkylation sites (tertiary alicyclic amines) is 1. The Hall–Kier alpha value is -2.05. The molecule has 23 heavy (non-hydrogen) atoms. The van der Waals surface area contributed by atoms with E-state index >= 15 is 0 Å². The van der Waals surface area contributed by atoms with Gasteiger partial charge < -0.3 is 9.80 Å². The molecule has 0 aromatic heterocycles. The second-order valence-corrected chi connectivity index (χ2v) is 5.93. The normalized spacial score (nSPS) is 18.6. The summed E-state index contributed by atoms with van der Waals surface area (Å²) < 4.78 is 37.4. The summed E-state index contributed by atoms with van der Waals surface area (Å²) >= 11 is 0. The Bertz CT molecular complexity index is 572. The first-order chi connectivity index (χ1) is 10.7. The zero-order chi connectivity index (χ0) is 17.2. The van der Waals surface area contributed by atoms with Crippen LogP contribution in [-0.4, -0.2) is 42.0 Å². The quantitative estimate of drug-likeness (QED) is 0.853. The fourth-order valence-electron chi connectivity index (χ4n) is 2.77. The molecule has 2 amide bonds. The fourth-order valence-corrected chi connectivity index (χ4v) is 2.77. The molecule has 0 unspecified atom stereocenters. The first-order valence-electron chi connectivity index (χ1n) is 7.41. The molecule has 1 aromatic rings. The molecule has 2 rings (SSSR count). The Morgan fingerprint density at radius 3 is 2.43 bits per heavy atom. The third kappa shape index (κ3) is 4.24. The van der Waals surface area contributed by atoms with E-state index in [0.29, 0.717) is 10.6 Å². The summed E-state index contributed by atoms with van der Waals surface area (Å²) in [5.41, 5.74) is 0.675. The average Bonchev–Trinajstić information content (AvgIpc) is 2.79. The van der Waals surface area contributed by atoms with Gasteiger partial charge in [0.15, 0.2) is 0 Å². The molecule has 1 aliphatic heterocycles. The molecule has 0 spiro atoms. The van der Waals surface area contributed by atoms with Crippen molar-refractivity contribution in [1.82, 2.24) is 4.90 Å². The van der Waals surface area contributed by atoms with Gasteiger partial charge in [0, 0.05) is 24.7 Å². The lowest BCUT2D eigenvalue weighted by molar-refractivity contribution is -0.157. The van der Waals surface area contributed by atoms with Crippen LogP contribution in [0.15, 0.2) is 30.3 Å². The zero-order valence-electron chi connectivity index (χ0n) is 13.0. The van der Waals surface area contributed by atoms with Crippen LogP contribution in [0.1, 0.15) is 20.3 Å². The predicted octanol–water partition coefficient (Wildman–Crippen LogP) is 2.84. The van der Waals surface area contributed by atoms with E-state index in [9.17, 15) is 22.8 Å². The summed E-state index contributed by atoms with van der Waals surface area (Å²) in [6, 6.07) is 8.76. The lowest BCUT2D eigenvalue weighted by Gasteiger charge is -2.29. The summed E-state index contributed by atoms with van der Waals surface area (Å²) in [7, 11) is 0. The summed E-state index contributed by atoms with van der Waals surface area (Å²) in [6.45, 7) is 2.17. The molecule has 1 fully saturated rings. The van der Waals surface area contributed by atoms with Crippen molar-refractivity contribution in [3.63, 3.8) is 0 Å². The molecule has 1 heterocycles. The number of hydrogen-bond acceptors (Lipinski definition) is 2. The van der Waals surface area contributed by atoms with Crippen LogP contribution in [0.25, 0.3) is 0 Å². The topological polar surface area (TPSA) is 40.6 Å². The van der Waals surface area contributed by atoms with Gasteiger partial charge in [0.25, 0.3) is 0 Å². The highest BCUT2D eigenvalue weighted by atomic mass is 19.4. The van der Waals surface area contributed by atoms with Gasteiger partial charge in [0.2, 0.25) is 11.8 Å². The number of alkyl halides is 3. The minimum Gasteiger partial charge on any atom is -0.333 e. The Kier molecular flexibility index (Phi) is 4.97. The maximum absolute atomic E-state index is 12.7. The van der Waals surface area contributed by atoms with Crippen LogP contribution in [0, 0.1) is 5.92 Å². The van der Waals surface area contributed by atoms with Gasteiger partial charge in [-0.1, -0.05) is 18.2 Å². The molecule has 0 N–H and O–H groups in total. The van der Waals surface area contributed by atoms with Crippen molar-refractivity contribution < 1.29 is 22.8 Å². The number of benzene rings is 1. The third-order valence-electron chi connectivity index (χ3n) is 3.72. The second kappa shape index (κ2) is 6.60.